The molecule has 0 saturated heterocycles. The maximum Gasteiger partial charge on any atom is -0.0171 e. The van der Waals surface area contributed by atoms with E-state index in [9.17, 15) is 0 Å². The molecule has 0 N–H and O–H groups in total. The van der Waals surface area contributed by atoms with Gasteiger partial charge >= 0.3 is 0 Å². The summed E-state index contributed by atoms with van der Waals surface area (Å²) in [6.07, 6.45) is 5.47. The summed E-state index contributed by atoms with van der Waals surface area (Å²) < 4.78 is 0. The zero-order valence-corrected chi connectivity index (χ0v) is 12.7. The van der Waals surface area contributed by atoms with Crippen molar-refractivity contribution in [2.75, 3.05) is 0 Å². The van der Waals surface area contributed by atoms with Crippen LogP contribution in [-0.4, -0.2) is 0 Å². The van der Waals surface area contributed by atoms with Crippen LogP contribution in [0.4, 0.5) is 0 Å². The van der Waals surface area contributed by atoms with Crippen LogP contribution in [0, 0.1) is 0 Å². The highest BCUT2D eigenvalue weighted by Crippen LogP contribution is 2.28. The van der Waals surface area contributed by atoms with Crippen molar-refractivity contribution >= 4 is 38.4 Å². The molecular weight excluding hydrogens is 264 g/mol. The monoisotopic (exact) mass is 282 g/mol. The molecule has 0 heterocycles. The van der Waals surface area contributed by atoms with E-state index in [1.807, 2.05) is 0 Å². The van der Waals surface area contributed by atoms with Crippen molar-refractivity contribution in [1.82, 2.24) is 0 Å². The first-order valence-corrected chi connectivity index (χ1v) is 7.86. The fourth-order valence-corrected chi connectivity index (χ4v) is 3.07. The van der Waals surface area contributed by atoms with E-state index < -0.39 is 0 Å². The van der Waals surface area contributed by atoms with Crippen LogP contribution >= 0.6 is 0 Å². The largest absolute Gasteiger partial charge is 0.0842 e. The Hall–Kier alpha value is -2.60. The average Bonchev–Trinajstić information content (AvgIpc) is 2.56. The van der Waals surface area contributed by atoms with E-state index in [-0.39, 0.29) is 0 Å². The van der Waals surface area contributed by atoms with Gasteiger partial charge in [-0.2, -0.15) is 0 Å². The average molecular weight is 282 g/mol. The highest BCUT2D eigenvalue weighted by molar-refractivity contribution is 6.04. The number of hydrogen-bond acceptors (Lipinski definition) is 0. The molecule has 0 radical (unpaired) electrons. The molecule has 0 atom stereocenters. The van der Waals surface area contributed by atoms with Crippen LogP contribution in [0.5, 0.6) is 0 Å². The van der Waals surface area contributed by atoms with Gasteiger partial charge in [-0.1, -0.05) is 55.5 Å². The zero-order valence-electron chi connectivity index (χ0n) is 12.7. The lowest BCUT2D eigenvalue weighted by molar-refractivity contribution is 1.23. The zero-order chi connectivity index (χ0) is 14.9. The predicted molar refractivity (Wildman–Crippen MR) is 98.3 cm³/mol. The fraction of sp³-hybridized carbons (Fsp3) is 0.0909. The molecule has 106 valence electrons. The molecule has 0 amide bonds. The van der Waals surface area contributed by atoms with Gasteiger partial charge in [0, 0.05) is 0 Å². The molecule has 0 bridgehead atoms. The molecule has 0 aliphatic carbocycles. The van der Waals surface area contributed by atoms with E-state index in [0.717, 1.165) is 6.42 Å². The Labute approximate surface area is 130 Å². The van der Waals surface area contributed by atoms with Gasteiger partial charge < -0.3 is 0 Å². The Bertz CT molecular complexity index is 1010. The van der Waals surface area contributed by atoms with Gasteiger partial charge in [-0.05, 0) is 74.6 Å². The third kappa shape index (κ3) is 2.27. The van der Waals surface area contributed by atoms with E-state index in [1.54, 1.807) is 0 Å². The van der Waals surface area contributed by atoms with E-state index >= 15 is 0 Å². The number of allylic oxidation sites excluding steroid dienone is 1. The topological polar surface area (TPSA) is 0 Å². The van der Waals surface area contributed by atoms with E-state index in [0.29, 0.717) is 0 Å². The quantitative estimate of drug-likeness (QED) is 0.365. The van der Waals surface area contributed by atoms with E-state index in [2.05, 4.69) is 85.8 Å². The Morgan fingerprint density at radius 3 is 1.82 bits per heavy atom. The molecule has 0 heteroatoms. The Kier molecular flexibility index (Phi) is 3.16. The van der Waals surface area contributed by atoms with Gasteiger partial charge in [-0.3, -0.25) is 0 Å². The normalized spacial score (nSPS) is 11.9. The van der Waals surface area contributed by atoms with Crippen LogP contribution in [0.1, 0.15) is 18.9 Å². The number of benzene rings is 4. The van der Waals surface area contributed by atoms with Crippen LogP contribution in [0.25, 0.3) is 38.4 Å². The summed E-state index contributed by atoms with van der Waals surface area (Å²) in [7, 11) is 0. The van der Waals surface area contributed by atoms with Crippen molar-refractivity contribution in [3.63, 3.8) is 0 Å². The number of rotatable bonds is 2. The molecule has 0 aliphatic heterocycles. The lowest BCUT2D eigenvalue weighted by atomic mass is 9.98. The lowest BCUT2D eigenvalue weighted by Gasteiger charge is -2.06. The maximum atomic E-state index is 2.31. The third-order valence-electron chi connectivity index (χ3n) is 4.23. The van der Waals surface area contributed by atoms with Crippen molar-refractivity contribution in [2.24, 2.45) is 0 Å². The smallest absolute Gasteiger partial charge is 0.0171 e. The van der Waals surface area contributed by atoms with Gasteiger partial charge in [0.1, 0.15) is 0 Å². The molecule has 4 aromatic rings. The Morgan fingerprint density at radius 2 is 1.18 bits per heavy atom. The second-order valence-electron chi connectivity index (χ2n) is 5.82. The van der Waals surface area contributed by atoms with Crippen molar-refractivity contribution in [1.29, 1.82) is 0 Å². The summed E-state index contributed by atoms with van der Waals surface area (Å²) in [4.78, 5) is 0. The Morgan fingerprint density at radius 1 is 0.636 bits per heavy atom. The van der Waals surface area contributed by atoms with Gasteiger partial charge in [-0.25, -0.2) is 0 Å². The van der Waals surface area contributed by atoms with Crippen molar-refractivity contribution in [2.45, 2.75) is 13.3 Å². The van der Waals surface area contributed by atoms with Crippen LogP contribution in [0.2, 0.25) is 0 Å². The first-order chi connectivity index (χ1) is 10.8. The lowest BCUT2D eigenvalue weighted by Crippen LogP contribution is -1.80. The minimum Gasteiger partial charge on any atom is -0.0842 e. The van der Waals surface area contributed by atoms with Crippen LogP contribution < -0.4 is 0 Å². The minimum absolute atomic E-state index is 1.07. The molecule has 0 aromatic heterocycles. The van der Waals surface area contributed by atoms with Crippen LogP contribution in [0.15, 0.2) is 72.8 Å². The van der Waals surface area contributed by atoms with Gasteiger partial charge in [0.05, 0.1) is 0 Å². The molecule has 0 aliphatic rings. The highest BCUT2D eigenvalue weighted by Gasteiger charge is 2.01. The molecule has 22 heavy (non-hydrogen) atoms. The first kappa shape index (κ1) is 13.1. The summed E-state index contributed by atoms with van der Waals surface area (Å²) in [6.45, 7) is 2.16. The standard InChI is InChI=1S/C22H18/c1-2-3-6-16-9-10-19-14-21-12-17-7-4-5-8-18(17)13-22(21)15-20(19)11-16/h3-15H,2H2,1H3/b6-3-. The van der Waals surface area contributed by atoms with E-state index in [1.165, 1.54) is 37.9 Å². The summed E-state index contributed by atoms with van der Waals surface area (Å²) in [5.74, 6) is 0. The second kappa shape index (κ2) is 5.31. The second-order valence-corrected chi connectivity index (χ2v) is 5.82. The summed E-state index contributed by atoms with van der Waals surface area (Å²) in [5.41, 5.74) is 1.27. The van der Waals surface area contributed by atoms with Crippen molar-refractivity contribution in [3.05, 3.63) is 78.4 Å². The molecule has 0 fully saturated rings. The highest BCUT2D eigenvalue weighted by atomic mass is 14.1. The Balaban J connectivity index is 1.97. The molecule has 4 aromatic carbocycles. The molecule has 0 nitrogen and oxygen atoms in total. The molecular formula is C22H18. The summed E-state index contributed by atoms with van der Waals surface area (Å²) >= 11 is 0. The molecule has 0 spiro atoms. The first-order valence-electron chi connectivity index (χ1n) is 7.86. The number of fused-ring (bicyclic) bond motifs is 3. The van der Waals surface area contributed by atoms with Gasteiger partial charge in [0.2, 0.25) is 0 Å². The third-order valence-corrected chi connectivity index (χ3v) is 4.23. The van der Waals surface area contributed by atoms with E-state index in [4.69, 9.17) is 0 Å². The molecule has 4 rings (SSSR count). The summed E-state index contributed by atoms with van der Waals surface area (Å²) in [6, 6.07) is 24.4. The van der Waals surface area contributed by atoms with Gasteiger partial charge in [0.15, 0.2) is 0 Å². The van der Waals surface area contributed by atoms with Crippen molar-refractivity contribution < 1.29 is 0 Å². The van der Waals surface area contributed by atoms with Gasteiger partial charge in [-0.15, -0.1) is 0 Å². The van der Waals surface area contributed by atoms with Gasteiger partial charge in [0.25, 0.3) is 0 Å². The fourth-order valence-electron chi connectivity index (χ4n) is 3.07. The summed E-state index contributed by atoms with van der Waals surface area (Å²) in [5, 5.41) is 7.83. The SMILES string of the molecule is CC/C=C\c1ccc2cc3cc4ccccc4cc3cc2c1. The minimum atomic E-state index is 1.07. The number of hydrogen-bond donors (Lipinski definition) is 0. The van der Waals surface area contributed by atoms with Crippen LogP contribution in [0.3, 0.4) is 0 Å². The molecule has 0 saturated carbocycles. The molecule has 0 unspecified atom stereocenters. The van der Waals surface area contributed by atoms with Crippen molar-refractivity contribution in [3.8, 4) is 0 Å². The van der Waals surface area contributed by atoms with Crippen LogP contribution in [-0.2, 0) is 0 Å². The maximum absolute atomic E-state index is 2.31. The predicted octanol–water partition coefficient (Wildman–Crippen LogP) is 6.57.